The summed E-state index contributed by atoms with van der Waals surface area (Å²) in [5.41, 5.74) is 1.64. The summed E-state index contributed by atoms with van der Waals surface area (Å²) in [6.07, 6.45) is 0.765. The third-order valence-electron chi connectivity index (χ3n) is 3.83. The number of imide groups is 1. The number of nitrogens with one attached hydrogen (secondary N) is 3. The summed E-state index contributed by atoms with van der Waals surface area (Å²) in [4.78, 5) is 23.6. The molecule has 2 rings (SSSR count). The van der Waals surface area contributed by atoms with E-state index in [1.165, 1.54) is 12.1 Å². The molecule has 1 atom stereocenters. The maximum Gasteiger partial charge on any atom is 0.387 e. The van der Waals surface area contributed by atoms with E-state index in [-0.39, 0.29) is 18.3 Å². The first-order valence-electron chi connectivity index (χ1n) is 8.90. The van der Waals surface area contributed by atoms with Gasteiger partial charge in [-0.15, -0.1) is 0 Å². The van der Waals surface area contributed by atoms with Gasteiger partial charge in [-0.1, -0.05) is 49.4 Å². The van der Waals surface area contributed by atoms with Gasteiger partial charge in [-0.05, 0) is 29.7 Å². The van der Waals surface area contributed by atoms with Crippen LogP contribution in [0.1, 0.15) is 30.5 Å². The fourth-order valence-electron chi connectivity index (χ4n) is 2.56. The Morgan fingerprint density at radius 2 is 1.64 bits per heavy atom. The smallest absolute Gasteiger partial charge is 0.387 e. The average Bonchev–Trinajstić information content (AvgIpc) is 2.68. The maximum atomic E-state index is 12.3. The molecule has 0 aliphatic carbocycles. The van der Waals surface area contributed by atoms with Gasteiger partial charge in [-0.2, -0.15) is 8.78 Å². The fraction of sp³-hybridized carbons (Fsp3) is 0.300. The van der Waals surface area contributed by atoms with Crippen molar-refractivity contribution >= 4 is 11.9 Å². The molecule has 0 saturated carbocycles. The van der Waals surface area contributed by atoms with E-state index in [0.29, 0.717) is 6.54 Å². The molecule has 0 fully saturated rings. The molecule has 6 nitrogen and oxygen atoms in total. The van der Waals surface area contributed by atoms with Crippen LogP contribution in [-0.2, 0) is 4.79 Å². The van der Waals surface area contributed by atoms with Gasteiger partial charge in [0.2, 0.25) is 5.91 Å². The molecule has 28 heavy (non-hydrogen) atoms. The van der Waals surface area contributed by atoms with Crippen molar-refractivity contribution in [3.05, 3.63) is 65.7 Å². The summed E-state index contributed by atoms with van der Waals surface area (Å²) in [6.45, 7) is -0.608. The second-order valence-electron chi connectivity index (χ2n) is 5.98. The Kier molecular flexibility index (Phi) is 8.36. The summed E-state index contributed by atoms with van der Waals surface area (Å²) < 4.78 is 29.0. The van der Waals surface area contributed by atoms with E-state index >= 15 is 0 Å². The molecule has 0 aliphatic rings. The third-order valence-corrected chi connectivity index (χ3v) is 3.83. The predicted octanol–water partition coefficient (Wildman–Crippen LogP) is 3.20. The lowest BCUT2D eigenvalue weighted by Crippen LogP contribution is -2.44. The molecule has 0 spiro atoms. The van der Waals surface area contributed by atoms with Crippen LogP contribution in [0.2, 0.25) is 0 Å². The van der Waals surface area contributed by atoms with E-state index in [0.717, 1.165) is 17.5 Å². The zero-order valence-electron chi connectivity index (χ0n) is 15.5. The number of benzene rings is 2. The number of halogens is 2. The standard InChI is InChI=1S/C20H23F2N3O3/c1-2-12-23-20(27)25-17(26)13-24-18(14-6-4-3-5-7-14)15-8-10-16(11-9-15)28-19(21)22/h3-11,18-19,24H,2,12-13H2,1H3,(H2,23,25,26,27)/t18-/m1/s1. The van der Waals surface area contributed by atoms with Crippen molar-refractivity contribution in [2.45, 2.75) is 26.0 Å². The van der Waals surface area contributed by atoms with Gasteiger partial charge >= 0.3 is 12.6 Å². The maximum absolute atomic E-state index is 12.3. The van der Waals surface area contributed by atoms with E-state index < -0.39 is 18.5 Å². The number of hydrogen-bond donors (Lipinski definition) is 3. The molecule has 0 radical (unpaired) electrons. The van der Waals surface area contributed by atoms with Crippen molar-refractivity contribution in [3.8, 4) is 5.75 Å². The minimum absolute atomic E-state index is 0.0518. The highest BCUT2D eigenvalue weighted by atomic mass is 19.3. The molecule has 2 aromatic carbocycles. The van der Waals surface area contributed by atoms with Crippen LogP contribution < -0.4 is 20.7 Å². The number of amides is 3. The van der Waals surface area contributed by atoms with Gasteiger partial charge in [0.25, 0.3) is 0 Å². The molecular formula is C20H23F2N3O3. The Bertz CT molecular complexity index is 755. The molecule has 2 aromatic rings. The molecule has 3 N–H and O–H groups in total. The molecular weight excluding hydrogens is 368 g/mol. The minimum Gasteiger partial charge on any atom is -0.435 e. The lowest BCUT2D eigenvalue weighted by Gasteiger charge is -2.20. The Balaban J connectivity index is 2.06. The monoisotopic (exact) mass is 391 g/mol. The summed E-state index contributed by atoms with van der Waals surface area (Å²) in [7, 11) is 0. The van der Waals surface area contributed by atoms with Gasteiger partial charge in [0.1, 0.15) is 5.75 Å². The number of carbonyl (C=O) groups is 2. The molecule has 150 valence electrons. The van der Waals surface area contributed by atoms with Crippen molar-refractivity contribution in [1.29, 1.82) is 0 Å². The van der Waals surface area contributed by atoms with Crippen molar-refractivity contribution in [1.82, 2.24) is 16.0 Å². The third kappa shape index (κ3) is 6.96. The Hall–Kier alpha value is -3.00. The van der Waals surface area contributed by atoms with Crippen molar-refractivity contribution in [2.24, 2.45) is 0 Å². The molecule has 3 amide bonds. The number of alkyl halides is 2. The Morgan fingerprint density at radius 3 is 2.25 bits per heavy atom. The minimum atomic E-state index is -2.89. The number of carbonyl (C=O) groups excluding carboxylic acids is 2. The number of ether oxygens (including phenoxy) is 1. The van der Waals surface area contributed by atoms with Gasteiger partial charge < -0.3 is 10.1 Å². The van der Waals surface area contributed by atoms with Crippen LogP contribution in [0.25, 0.3) is 0 Å². The predicted molar refractivity (Wildman–Crippen MR) is 101 cm³/mol. The van der Waals surface area contributed by atoms with E-state index in [4.69, 9.17) is 0 Å². The molecule has 0 aromatic heterocycles. The zero-order chi connectivity index (χ0) is 20.4. The quantitative estimate of drug-likeness (QED) is 0.613. The van der Waals surface area contributed by atoms with Crippen LogP contribution in [0.4, 0.5) is 13.6 Å². The average molecular weight is 391 g/mol. The van der Waals surface area contributed by atoms with E-state index in [1.54, 1.807) is 12.1 Å². The van der Waals surface area contributed by atoms with Crippen LogP contribution in [0, 0.1) is 0 Å². The number of hydrogen-bond acceptors (Lipinski definition) is 4. The van der Waals surface area contributed by atoms with Crippen molar-refractivity contribution < 1.29 is 23.1 Å². The largest absolute Gasteiger partial charge is 0.435 e. The molecule has 0 saturated heterocycles. The summed E-state index contributed by atoms with van der Waals surface area (Å²) in [6, 6.07) is 14.6. The van der Waals surface area contributed by atoms with Gasteiger partial charge in [-0.25, -0.2) is 4.79 Å². The fourth-order valence-corrected chi connectivity index (χ4v) is 2.56. The second kappa shape index (κ2) is 11.0. The summed E-state index contributed by atoms with van der Waals surface area (Å²) in [5, 5.41) is 7.90. The lowest BCUT2D eigenvalue weighted by molar-refractivity contribution is -0.119. The zero-order valence-corrected chi connectivity index (χ0v) is 15.5. The van der Waals surface area contributed by atoms with Crippen LogP contribution in [0.3, 0.4) is 0 Å². The van der Waals surface area contributed by atoms with Crippen LogP contribution in [0.5, 0.6) is 5.75 Å². The molecule has 0 aliphatic heterocycles. The summed E-state index contributed by atoms with van der Waals surface area (Å²) >= 11 is 0. The molecule has 0 unspecified atom stereocenters. The van der Waals surface area contributed by atoms with Gasteiger partial charge in [0.15, 0.2) is 0 Å². The van der Waals surface area contributed by atoms with Crippen molar-refractivity contribution in [2.75, 3.05) is 13.1 Å². The summed E-state index contributed by atoms with van der Waals surface area (Å²) in [5.74, 6) is -0.428. The van der Waals surface area contributed by atoms with E-state index in [2.05, 4.69) is 20.7 Å². The van der Waals surface area contributed by atoms with Crippen molar-refractivity contribution in [3.63, 3.8) is 0 Å². The SMILES string of the molecule is CCCNC(=O)NC(=O)CN[C@H](c1ccccc1)c1ccc(OC(F)F)cc1. The van der Waals surface area contributed by atoms with Gasteiger partial charge in [0, 0.05) is 6.54 Å². The molecule has 8 heteroatoms. The van der Waals surface area contributed by atoms with Crippen LogP contribution in [-0.4, -0.2) is 31.6 Å². The van der Waals surface area contributed by atoms with Gasteiger partial charge in [0.05, 0.1) is 12.6 Å². The van der Waals surface area contributed by atoms with Gasteiger partial charge in [-0.3, -0.25) is 15.4 Å². The first kappa shape index (κ1) is 21.3. The first-order valence-corrected chi connectivity index (χ1v) is 8.90. The Morgan fingerprint density at radius 1 is 1.00 bits per heavy atom. The first-order chi connectivity index (χ1) is 13.5. The highest BCUT2D eigenvalue weighted by molar-refractivity contribution is 5.95. The molecule has 0 heterocycles. The lowest BCUT2D eigenvalue weighted by atomic mass is 9.98. The highest BCUT2D eigenvalue weighted by Crippen LogP contribution is 2.24. The molecule has 0 bridgehead atoms. The highest BCUT2D eigenvalue weighted by Gasteiger charge is 2.16. The Labute approximate surface area is 162 Å². The second-order valence-corrected chi connectivity index (χ2v) is 5.98. The van der Waals surface area contributed by atoms with Crippen LogP contribution in [0.15, 0.2) is 54.6 Å². The number of rotatable bonds is 9. The topological polar surface area (TPSA) is 79.5 Å². The normalized spacial score (nSPS) is 11.7. The van der Waals surface area contributed by atoms with E-state index in [9.17, 15) is 18.4 Å². The number of urea groups is 1. The van der Waals surface area contributed by atoms with Crippen LogP contribution >= 0.6 is 0 Å². The van der Waals surface area contributed by atoms with E-state index in [1.807, 2.05) is 37.3 Å².